The number of aromatic amines is 2. The topological polar surface area (TPSA) is 486 Å². The quantitative estimate of drug-likeness (QED) is 0.0328. The Bertz CT molecular complexity index is 3150. The highest BCUT2D eigenvalue weighted by Gasteiger charge is 2.54. The van der Waals surface area contributed by atoms with E-state index in [1.807, 2.05) is 0 Å². The molecule has 3 saturated heterocycles. The number of methoxy groups -OCH3 is 2. The number of nitrogen functional groups attached to an aromatic ring is 2. The number of imidazole rings is 1. The molecule has 76 heavy (non-hydrogen) atoms. The Hall–Kier alpha value is -4.07. The summed E-state index contributed by atoms with van der Waals surface area (Å²) in [4.78, 5) is 91.1. The molecule has 4 aliphatic rings. The Morgan fingerprint density at radius 3 is 1.97 bits per heavy atom. The van der Waals surface area contributed by atoms with E-state index in [-0.39, 0.29) is 45.9 Å². The molecule has 3 fully saturated rings. The maximum atomic E-state index is 13.9. The van der Waals surface area contributed by atoms with Crippen molar-refractivity contribution in [1.82, 2.24) is 39.0 Å². The molecule has 12 N–H and O–H groups in total. The lowest BCUT2D eigenvalue weighted by Crippen LogP contribution is -2.46. The first kappa shape index (κ1) is 58.1. The van der Waals surface area contributed by atoms with Gasteiger partial charge in [0.15, 0.2) is 40.7 Å². The van der Waals surface area contributed by atoms with Gasteiger partial charge in [-0.15, -0.1) is 0 Å². The zero-order valence-electron chi connectivity index (χ0n) is 40.1. The number of ether oxygens (including phenoxy) is 6. The Morgan fingerprint density at radius 1 is 0.776 bits per heavy atom. The van der Waals surface area contributed by atoms with Crippen molar-refractivity contribution in [3.63, 3.8) is 0 Å². The van der Waals surface area contributed by atoms with Crippen molar-refractivity contribution >= 4 is 77.9 Å². The van der Waals surface area contributed by atoms with E-state index >= 15 is 0 Å². The lowest BCUT2D eigenvalue weighted by molar-refractivity contribution is -0.0816. The normalized spacial score (nSPS) is 30.9. The van der Waals surface area contributed by atoms with E-state index in [9.17, 15) is 57.6 Å². The first-order valence-corrected chi connectivity index (χ1v) is 28.5. The number of rotatable bonds is 22. The van der Waals surface area contributed by atoms with Gasteiger partial charge in [0.25, 0.3) is 11.1 Å². The molecule has 0 aromatic carbocycles. The molecule has 4 aromatic rings. The van der Waals surface area contributed by atoms with E-state index in [1.165, 1.54) is 31.5 Å². The van der Waals surface area contributed by atoms with Gasteiger partial charge in [0.1, 0.15) is 72.5 Å². The highest BCUT2D eigenvalue weighted by Crippen LogP contribution is 2.68. The molecule has 36 nitrogen and oxygen atoms in total. The standard InChI is InChI=1S/C35H52N12O24P4S/c1-14(2)65-24-16(67-31(22(24)50)45-7-6-18(48)41-35(45)76)9-62-72(52,53)69-25-17(68-33(26(25)61-5)46-12-40-19-27(36)38-11-39-28(19)46)10-64-74(56,57)71-75(58,59)70-73(54,55)63-8-15-23(60-4)21(49)32(66-15)47-13-44(3)20-29(47)42-34(37)43-30(20)51/h6-7,11-12,14-17,21-26,31-33,49-50H,8-10,13H2,1-5H3,(H,52,53)(H,54,55)(H,56,57)(H,58,59)(H2,36,38,39)(H,41,48,76)(H3,37,42,43,51)/t15-,16-,17-,21?,22+,23+,24?,25?,26+,31-,32-,33-/m1/s1. The van der Waals surface area contributed by atoms with Crippen LogP contribution >= 0.6 is 43.5 Å². The second-order valence-corrected chi connectivity index (χ2v) is 23.7. The van der Waals surface area contributed by atoms with E-state index < -0.39 is 142 Å². The highest BCUT2D eigenvalue weighted by atomic mass is 32.1. The Labute approximate surface area is 432 Å². The number of fused-ring (bicyclic) bond motifs is 2. The number of aromatic nitrogens is 8. The van der Waals surface area contributed by atoms with Crippen LogP contribution in [0.5, 0.6) is 0 Å². The fourth-order valence-corrected chi connectivity index (χ4v) is 13.4. The van der Waals surface area contributed by atoms with Crippen LogP contribution in [0.15, 0.2) is 34.5 Å². The van der Waals surface area contributed by atoms with Crippen molar-refractivity contribution < 1.29 is 103 Å². The minimum atomic E-state index is -6.16. The van der Waals surface area contributed by atoms with Crippen LogP contribution in [0.3, 0.4) is 0 Å². The van der Waals surface area contributed by atoms with Crippen LogP contribution in [0.4, 0.5) is 23.3 Å². The molecule has 0 amide bonds. The molecular weight excluding hydrogens is 1130 g/mol. The Morgan fingerprint density at radius 2 is 1.36 bits per heavy atom. The fourth-order valence-electron chi connectivity index (χ4n) is 8.69. The number of phosphoric ester groups is 3. The Balaban J connectivity index is 0.942. The van der Waals surface area contributed by atoms with Crippen LogP contribution in [-0.4, -0.2) is 184 Å². The molecule has 4 aliphatic heterocycles. The van der Waals surface area contributed by atoms with Crippen molar-refractivity contribution in [3.05, 3.63) is 50.4 Å². The summed E-state index contributed by atoms with van der Waals surface area (Å²) in [5.74, 6) is -0.290. The summed E-state index contributed by atoms with van der Waals surface area (Å²) in [7, 11) is -19.4. The van der Waals surface area contributed by atoms with Crippen LogP contribution < -0.4 is 32.4 Å². The van der Waals surface area contributed by atoms with Crippen LogP contribution in [0.2, 0.25) is 0 Å². The average Bonchev–Trinajstić information content (AvgIpc) is 4.12. The molecule has 0 bridgehead atoms. The van der Waals surface area contributed by atoms with Crippen molar-refractivity contribution in [2.24, 2.45) is 0 Å². The first-order chi connectivity index (χ1) is 35.6. The highest BCUT2D eigenvalue weighted by molar-refractivity contribution is 7.71. The maximum Gasteiger partial charge on any atom is 0.490 e. The van der Waals surface area contributed by atoms with E-state index in [4.69, 9.17) is 70.2 Å². The summed E-state index contributed by atoms with van der Waals surface area (Å²) < 4.78 is 120. The van der Waals surface area contributed by atoms with Gasteiger partial charge in [0.2, 0.25) is 5.95 Å². The van der Waals surface area contributed by atoms with Crippen LogP contribution in [0.1, 0.15) is 26.3 Å². The number of nitrogens with one attached hydrogen (secondary N) is 2. The smallest absolute Gasteiger partial charge is 0.386 e. The van der Waals surface area contributed by atoms with Crippen molar-refractivity contribution in [1.29, 1.82) is 0 Å². The largest absolute Gasteiger partial charge is 0.490 e. The molecule has 7 unspecified atom stereocenters. The molecule has 0 spiro atoms. The molecule has 8 heterocycles. The molecule has 0 saturated carbocycles. The van der Waals surface area contributed by atoms with Gasteiger partial charge in [-0.1, -0.05) is 0 Å². The van der Waals surface area contributed by atoms with Gasteiger partial charge in [0, 0.05) is 33.5 Å². The van der Waals surface area contributed by atoms with E-state index in [1.54, 1.807) is 20.9 Å². The summed E-state index contributed by atoms with van der Waals surface area (Å²) in [5.41, 5.74) is 10.8. The van der Waals surface area contributed by atoms with Gasteiger partial charge < -0.3 is 79.5 Å². The van der Waals surface area contributed by atoms with E-state index in [0.717, 1.165) is 26.6 Å². The third-order valence-electron chi connectivity index (χ3n) is 11.8. The number of nitrogens with two attached hydrogens (primary N) is 2. The summed E-state index contributed by atoms with van der Waals surface area (Å²) in [6, 6.07) is 1.12. The summed E-state index contributed by atoms with van der Waals surface area (Å²) >= 11 is 5.22. The molecule has 422 valence electrons. The summed E-state index contributed by atoms with van der Waals surface area (Å²) in [5, 5.41) is 22.4. The second kappa shape index (κ2) is 22.6. The van der Waals surface area contributed by atoms with E-state index in [2.05, 4.69) is 38.5 Å². The molecule has 41 heteroatoms. The molecule has 8 rings (SSSR count). The zero-order valence-corrected chi connectivity index (χ0v) is 44.5. The van der Waals surface area contributed by atoms with Gasteiger partial charge in [-0.25, -0.2) is 33.2 Å². The average molecular weight is 1180 g/mol. The number of aliphatic hydroxyl groups excluding tert-OH is 2. The lowest BCUT2D eigenvalue weighted by Gasteiger charge is -2.27. The summed E-state index contributed by atoms with van der Waals surface area (Å²) in [6.07, 6.45) is -14.4. The fraction of sp³-hybridized carbons (Fsp3) is 0.629. The minimum absolute atomic E-state index is 0.0234. The number of hydrogen-bond donors (Lipinski definition) is 10. The first-order valence-electron chi connectivity index (χ1n) is 22.1. The SMILES string of the molecule is CO[C@@H]1C(O)[C@H](N2CN(C)c3c2nc(N)[nH]c3=O)O[C@@H]1COP(=O)(O)OP(=O)(O)OP(=O)(O)OC[C@H]1O[C@@H](n2cnc3c(N)ncnc32)[C@@H](OC)C1OP(=O)(O)OC[C@H]1O[C@@H](n2ccc(=O)[nH]c2=S)[C@@H](O)C1OC(C)C. The maximum absolute atomic E-state index is 13.9. The van der Waals surface area contributed by atoms with Crippen LogP contribution in [0, 0.1) is 4.77 Å². The second-order valence-electron chi connectivity index (χ2n) is 17.3. The Kier molecular flexibility index (Phi) is 17.3. The molecular formula is C35H52N12O24P4S. The van der Waals surface area contributed by atoms with E-state index in [0.29, 0.717) is 0 Å². The van der Waals surface area contributed by atoms with Crippen LogP contribution in [0.25, 0.3) is 11.2 Å². The predicted molar refractivity (Wildman–Crippen MR) is 255 cm³/mol. The van der Waals surface area contributed by atoms with Gasteiger partial charge in [-0.2, -0.15) is 13.6 Å². The third-order valence-corrected chi connectivity index (χ3v) is 17.3. The van der Waals surface area contributed by atoms with Crippen molar-refractivity contribution in [2.45, 2.75) is 93.6 Å². The third kappa shape index (κ3) is 12.5. The van der Waals surface area contributed by atoms with Gasteiger partial charge >= 0.3 is 31.3 Å². The molecule has 4 aromatic heterocycles. The summed E-state index contributed by atoms with van der Waals surface area (Å²) in [6.45, 7) is 0.223. The number of H-pyrrole nitrogens is 2. The van der Waals surface area contributed by atoms with Gasteiger partial charge in [-0.05, 0) is 26.1 Å². The predicted octanol–water partition coefficient (Wildman–Crippen LogP) is -1.16. The molecule has 0 aliphatic carbocycles. The monoisotopic (exact) mass is 1180 g/mol. The van der Waals surface area contributed by atoms with Crippen LogP contribution in [-0.2, 0) is 73.4 Å². The minimum Gasteiger partial charge on any atom is -0.386 e. The van der Waals surface area contributed by atoms with Crippen molar-refractivity contribution in [3.8, 4) is 0 Å². The lowest BCUT2D eigenvalue weighted by atomic mass is 10.1. The molecule has 16 atom stereocenters. The van der Waals surface area contributed by atoms with Gasteiger partial charge in [-0.3, -0.25) is 46.8 Å². The number of aliphatic hydroxyl groups is 2. The number of phosphoric acid groups is 4. The zero-order chi connectivity index (χ0) is 55.4. The van der Waals surface area contributed by atoms with Gasteiger partial charge in [0.05, 0.1) is 38.9 Å². The number of nitrogens with zero attached hydrogens (tertiary/aromatic N) is 8. The number of anilines is 4. The van der Waals surface area contributed by atoms with Crippen molar-refractivity contribution in [2.75, 3.05) is 69.0 Å². The number of hydrogen-bond acceptors (Lipinski definition) is 29. The molecule has 0 radical (unpaired) electrons.